The Labute approximate surface area is 236 Å². The second kappa shape index (κ2) is 13.3. The zero-order valence-corrected chi connectivity index (χ0v) is 24.0. The Balaban J connectivity index is 1.49. The molecule has 2 fully saturated rings. The monoisotopic (exact) mass is 576 g/mol. The molecule has 0 unspecified atom stereocenters. The van der Waals surface area contributed by atoms with Crippen molar-refractivity contribution in [2.45, 2.75) is 68.5 Å². The van der Waals surface area contributed by atoms with Crippen molar-refractivity contribution in [1.29, 1.82) is 0 Å². The number of methoxy groups -OCH3 is 1. The number of hydrogen-bond acceptors (Lipinski definition) is 8. The molecule has 11 heteroatoms. The first-order chi connectivity index (χ1) is 19.1. The van der Waals surface area contributed by atoms with Crippen LogP contribution in [0.4, 0.5) is 4.79 Å². The van der Waals surface area contributed by atoms with Gasteiger partial charge in [-0.1, -0.05) is 44.2 Å². The standard InChI is InChI=1S/C29H40N2O8S/c1-19(2)16-31(40(35,36)23-11-9-21(37-3)10-12-23)17-26(32)25(13-20-7-5-4-6-8-20)30-29(34)39-22-14-24-27(33)18-38-28(24)15-22/h4-12,19,22,24-28,32-33H,13-18H2,1-3H3,(H,30,34)/t22-,24-,25+,26-,27-,28-/m1/s1. The van der Waals surface area contributed by atoms with Crippen molar-refractivity contribution < 1.29 is 37.6 Å². The highest BCUT2D eigenvalue weighted by molar-refractivity contribution is 7.89. The molecule has 2 aromatic carbocycles. The minimum absolute atomic E-state index is 0.00916. The van der Waals surface area contributed by atoms with Gasteiger partial charge < -0.3 is 29.7 Å². The van der Waals surface area contributed by atoms with E-state index in [1.165, 1.54) is 23.5 Å². The van der Waals surface area contributed by atoms with Crippen molar-refractivity contribution in [3.05, 3.63) is 60.2 Å². The normalized spacial score (nSPS) is 24.1. The molecule has 220 valence electrons. The number of alkyl carbamates (subject to hydrolysis) is 1. The topological polar surface area (TPSA) is 135 Å². The van der Waals surface area contributed by atoms with Gasteiger partial charge in [0, 0.05) is 25.4 Å². The lowest BCUT2D eigenvalue weighted by Crippen LogP contribution is -2.51. The summed E-state index contributed by atoms with van der Waals surface area (Å²) >= 11 is 0. The zero-order chi connectivity index (χ0) is 28.9. The minimum Gasteiger partial charge on any atom is -0.497 e. The first kappa shape index (κ1) is 30.3. The molecule has 0 aromatic heterocycles. The van der Waals surface area contributed by atoms with Crippen LogP contribution in [-0.4, -0.2) is 86.3 Å². The zero-order valence-electron chi connectivity index (χ0n) is 23.2. The van der Waals surface area contributed by atoms with E-state index in [1.807, 2.05) is 44.2 Å². The molecule has 1 aliphatic heterocycles. The fourth-order valence-corrected chi connectivity index (χ4v) is 7.04. The number of carbonyl (C=O) groups is 1. The molecule has 4 rings (SSSR count). The van der Waals surface area contributed by atoms with Gasteiger partial charge in [-0.3, -0.25) is 0 Å². The van der Waals surface area contributed by atoms with Crippen molar-refractivity contribution in [3.8, 4) is 5.75 Å². The number of amides is 1. The predicted molar refractivity (Wildman–Crippen MR) is 148 cm³/mol. The summed E-state index contributed by atoms with van der Waals surface area (Å²) in [6.07, 6.45) is -1.75. The van der Waals surface area contributed by atoms with Crippen LogP contribution in [0.1, 0.15) is 32.3 Å². The van der Waals surface area contributed by atoms with Crippen molar-refractivity contribution in [3.63, 3.8) is 0 Å². The summed E-state index contributed by atoms with van der Waals surface area (Å²) in [7, 11) is -2.44. The molecule has 0 radical (unpaired) electrons. The number of carbonyl (C=O) groups excluding carboxylic acids is 1. The van der Waals surface area contributed by atoms with Gasteiger partial charge in [0.2, 0.25) is 10.0 Å². The largest absolute Gasteiger partial charge is 0.497 e. The molecule has 1 amide bonds. The van der Waals surface area contributed by atoms with Gasteiger partial charge in [-0.05, 0) is 48.6 Å². The van der Waals surface area contributed by atoms with Gasteiger partial charge in [-0.25, -0.2) is 13.2 Å². The Morgan fingerprint density at radius 2 is 1.80 bits per heavy atom. The fraction of sp³-hybridized carbons (Fsp3) is 0.552. The Morgan fingerprint density at radius 3 is 2.42 bits per heavy atom. The molecule has 1 saturated carbocycles. The minimum atomic E-state index is -3.95. The molecule has 40 heavy (non-hydrogen) atoms. The summed E-state index contributed by atoms with van der Waals surface area (Å²) in [6, 6.07) is 14.6. The van der Waals surface area contributed by atoms with Crippen molar-refractivity contribution in [2.24, 2.45) is 11.8 Å². The number of aliphatic hydroxyl groups is 2. The van der Waals surface area contributed by atoms with Crippen LogP contribution in [0.15, 0.2) is 59.5 Å². The molecule has 3 N–H and O–H groups in total. The molecule has 1 heterocycles. The molecule has 0 spiro atoms. The Hall–Kier alpha value is -2.70. The number of nitrogens with zero attached hydrogens (tertiary/aromatic N) is 1. The highest BCUT2D eigenvalue weighted by Gasteiger charge is 2.45. The van der Waals surface area contributed by atoms with Crippen LogP contribution in [0.3, 0.4) is 0 Å². The van der Waals surface area contributed by atoms with E-state index in [2.05, 4.69) is 5.32 Å². The second-order valence-corrected chi connectivity index (χ2v) is 12.9. The maximum Gasteiger partial charge on any atom is 0.407 e. The van der Waals surface area contributed by atoms with E-state index in [4.69, 9.17) is 14.2 Å². The van der Waals surface area contributed by atoms with Crippen LogP contribution in [0.5, 0.6) is 5.75 Å². The number of ether oxygens (including phenoxy) is 3. The van der Waals surface area contributed by atoms with Gasteiger partial charge in [0.1, 0.15) is 11.9 Å². The van der Waals surface area contributed by atoms with Gasteiger partial charge in [0.25, 0.3) is 0 Å². The third-order valence-electron chi connectivity index (χ3n) is 7.48. The quantitative estimate of drug-likeness (QED) is 0.351. The van der Waals surface area contributed by atoms with Crippen LogP contribution in [0.2, 0.25) is 0 Å². The van der Waals surface area contributed by atoms with Gasteiger partial charge in [-0.2, -0.15) is 4.31 Å². The van der Waals surface area contributed by atoms with Gasteiger partial charge in [0.15, 0.2) is 0 Å². The number of sulfonamides is 1. The lowest BCUT2D eigenvalue weighted by Gasteiger charge is -2.31. The molecule has 2 aromatic rings. The molecule has 1 saturated heterocycles. The van der Waals surface area contributed by atoms with Crippen LogP contribution in [-0.2, 0) is 25.9 Å². The molecule has 6 atom stereocenters. The third-order valence-corrected chi connectivity index (χ3v) is 9.33. The van der Waals surface area contributed by atoms with E-state index in [-0.39, 0.29) is 42.3 Å². The van der Waals surface area contributed by atoms with Crippen LogP contribution in [0.25, 0.3) is 0 Å². The summed E-state index contributed by atoms with van der Waals surface area (Å²) in [5, 5.41) is 24.2. The number of benzene rings is 2. The highest BCUT2D eigenvalue weighted by Crippen LogP contribution is 2.37. The van der Waals surface area contributed by atoms with E-state index < -0.39 is 40.5 Å². The first-order valence-corrected chi connectivity index (χ1v) is 15.1. The second-order valence-electron chi connectivity index (χ2n) is 11.0. The van der Waals surface area contributed by atoms with E-state index in [0.29, 0.717) is 25.2 Å². The Kier molecular flexibility index (Phi) is 10.1. The summed E-state index contributed by atoms with van der Waals surface area (Å²) in [5.41, 5.74) is 0.868. The Bertz CT molecular complexity index is 1210. The van der Waals surface area contributed by atoms with Gasteiger partial charge in [0.05, 0.1) is 43.0 Å². The van der Waals surface area contributed by atoms with E-state index >= 15 is 0 Å². The van der Waals surface area contributed by atoms with E-state index in [9.17, 15) is 23.4 Å². The number of nitrogens with one attached hydrogen (secondary N) is 1. The Morgan fingerprint density at radius 1 is 1.10 bits per heavy atom. The number of aliphatic hydroxyl groups excluding tert-OH is 2. The van der Waals surface area contributed by atoms with Gasteiger partial charge >= 0.3 is 6.09 Å². The van der Waals surface area contributed by atoms with Crippen LogP contribution < -0.4 is 10.1 Å². The van der Waals surface area contributed by atoms with E-state index in [1.54, 1.807) is 12.1 Å². The van der Waals surface area contributed by atoms with Crippen molar-refractivity contribution >= 4 is 16.1 Å². The summed E-state index contributed by atoms with van der Waals surface area (Å²) in [4.78, 5) is 13.0. The number of fused-ring (bicyclic) bond motifs is 1. The molecule has 1 aliphatic carbocycles. The molecular formula is C29H40N2O8S. The average Bonchev–Trinajstić information content (AvgIpc) is 3.48. The number of rotatable bonds is 12. The van der Waals surface area contributed by atoms with Gasteiger partial charge in [-0.15, -0.1) is 0 Å². The molecule has 0 bridgehead atoms. The van der Waals surface area contributed by atoms with Crippen LogP contribution in [0, 0.1) is 11.8 Å². The number of hydrogen-bond donors (Lipinski definition) is 3. The van der Waals surface area contributed by atoms with Crippen LogP contribution >= 0.6 is 0 Å². The summed E-state index contributed by atoms with van der Waals surface area (Å²) in [6.45, 7) is 4.06. The average molecular weight is 577 g/mol. The lowest BCUT2D eigenvalue weighted by atomic mass is 10.0. The predicted octanol–water partition coefficient (Wildman–Crippen LogP) is 2.58. The molecular weight excluding hydrogens is 536 g/mol. The van der Waals surface area contributed by atoms with Crippen molar-refractivity contribution in [1.82, 2.24) is 9.62 Å². The molecule has 10 nitrogen and oxygen atoms in total. The maximum atomic E-state index is 13.6. The SMILES string of the molecule is COc1ccc(S(=O)(=O)N(CC(C)C)C[C@@H](O)[C@H](Cc2ccccc2)NC(=O)O[C@@H]2C[C@@H]3[C@H](O)CO[C@@H]3C2)cc1. The lowest BCUT2D eigenvalue weighted by molar-refractivity contribution is 0.0426. The summed E-state index contributed by atoms with van der Waals surface area (Å²) < 4.78 is 44.8. The maximum absolute atomic E-state index is 13.6. The van der Waals surface area contributed by atoms with E-state index in [0.717, 1.165) is 5.56 Å². The molecule has 2 aliphatic rings. The first-order valence-electron chi connectivity index (χ1n) is 13.7. The summed E-state index contributed by atoms with van der Waals surface area (Å²) in [5.74, 6) is 0.466. The fourth-order valence-electron chi connectivity index (χ4n) is 5.42. The smallest absolute Gasteiger partial charge is 0.407 e. The third kappa shape index (κ3) is 7.52. The highest BCUT2D eigenvalue weighted by atomic mass is 32.2. The van der Waals surface area contributed by atoms with Crippen molar-refractivity contribution in [2.75, 3.05) is 26.8 Å².